The lowest BCUT2D eigenvalue weighted by Crippen LogP contribution is -2.35. The Morgan fingerprint density at radius 2 is 2.20 bits per heavy atom. The van der Waals surface area contributed by atoms with E-state index < -0.39 is 0 Å². The van der Waals surface area contributed by atoms with Crippen LogP contribution in [0.1, 0.15) is 19.3 Å². The highest BCUT2D eigenvalue weighted by atomic mass is 32.2. The Morgan fingerprint density at radius 3 is 2.93 bits per heavy atom. The molecule has 1 atom stereocenters. The van der Waals surface area contributed by atoms with Gasteiger partial charge < -0.3 is 10.4 Å². The molecule has 0 amide bonds. The molecule has 0 aliphatic carbocycles. The molecule has 1 heterocycles. The van der Waals surface area contributed by atoms with Gasteiger partial charge in [0.15, 0.2) is 0 Å². The third-order valence-electron chi connectivity index (χ3n) is 2.72. The molecule has 15 heavy (non-hydrogen) atoms. The topological polar surface area (TPSA) is 32.3 Å². The van der Waals surface area contributed by atoms with Crippen LogP contribution in [-0.2, 0) is 0 Å². The van der Waals surface area contributed by atoms with Crippen molar-refractivity contribution in [1.82, 2.24) is 5.32 Å². The molecule has 0 saturated carbocycles. The maximum atomic E-state index is 9.60. The van der Waals surface area contributed by atoms with E-state index in [1.54, 1.807) is 17.8 Å². The van der Waals surface area contributed by atoms with Gasteiger partial charge in [-0.2, -0.15) is 0 Å². The molecule has 0 radical (unpaired) electrons. The normalized spacial score (nSPS) is 21.5. The first-order valence-electron chi connectivity index (χ1n) is 5.50. The molecule has 1 aliphatic rings. The fourth-order valence-electron chi connectivity index (χ4n) is 1.84. The summed E-state index contributed by atoms with van der Waals surface area (Å²) in [6, 6.07) is 8.16. The van der Waals surface area contributed by atoms with Crippen molar-refractivity contribution in [3.8, 4) is 5.75 Å². The number of hydrogen-bond donors (Lipinski definition) is 2. The predicted molar refractivity (Wildman–Crippen MR) is 64.5 cm³/mol. The fourth-order valence-corrected chi connectivity index (χ4v) is 2.89. The minimum absolute atomic E-state index is 0.401. The van der Waals surface area contributed by atoms with Crippen LogP contribution in [0.25, 0.3) is 0 Å². The molecule has 1 unspecified atom stereocenters. The van der Waals surface area contributed by atoms with Crippen LogP contribution in [0.4, 0.5) is 0 Å². The molecule has 1 aromatic carbocycles. The monoisotopic (exact) mass is 223 g/mol. The van der Waals surface area contributed by atoms with Crippen molar-refractivity contribution in [2.24, 2.45) is 0 Å². The van der Waals surface area contributed by atoms with Crippen molar-refractivity contribution < 1.29 is 5.11 Å². The zero-order chi connectivity index (χ0) is 10.5. The number of para-hydroxylation sites is 1. The average Bonchev–Trinajstić information content (AvgIpc) is 2.29. The average molecular weight is 223 g/mol. The van der Waals surface area contributed by atoms with Crippen LogP contribution in [0, 0.1) is 0 Å². The Bertz CT molecular complexity index is 310. The van der Waals surface area contributed by atoms with Crippen LogP contribution in [0.3, 0.4) is 0 Å². The van der Waals surface area contributed by atoms with Crippen molar-refractivity contribution in [2.45, 2.75) is 30.2 Å². The van der Waals surface area contributed by atoms with Crippen LogP contribution in [0.2, 0.25) is 0 Å². The first-order chi connectivity index (χ1) is 7.36. The lowest BCUT2D eigenvalue weighted by Gasteiger charge is -2.23. The summed E-state index contributed by atoms with van der Waals surface area (Å²) < 4.78 is 0. The zero-order valence-electron chi connectivity index (χ0n) is 8.78. The summed E-state index contributed by atoms with van der Waals surface area (Å²) in [7, 11) is 0. The van der Waals surface area contributed by atoms with Crippen LogP contribution < -0.4 is 5.32 Å². The van der Waals surface area contributed by atoms with Gasteiger partial charge in [0.2, 0.25) is 0 Å². The van der Waals surface area contributed by atoms with Crippen LogP contribution in [0.15, 0.2) is 29.2 Å². The number of thioether (sulfide) groups is 1. The lowest BCUT2D eigenvalue weighted by molar-refractivity contribution is 0.429. The molecule has 82 valence electrons. The first-order valence-corrected chi connectivity index (χ1v) is 6.49. The van der Waals surface area contributed by atoms with Gasteiger partial charge in [-0.3, -0.25) is 0 Å². The lowest BCUT2D eigenvalue weighted by atomic mass is 10.1. The highest BCUT2D eigenvalue weighted by Crippen LogP contribution is 2.28. The highest BCUT2D eigenvalue weighted by molar-refractivity contribution is 7.99. The number of phenolic OH excluding ortho intramolecular Hbond substituents is 1. The Labute approximate surface area is 95.1 Å². The van der Waals surface area contributed by atoms with Gasteiger partial charge in [-0.25, -0.2) is 0 Å². The van der Waals surface area contributed by atoms with Crippen molar-refractivity contribution in [2.75, 3.05) is 12.3 Å². The summed E-state index contributed by atoms with van der Waals surface area (Å²) in [6.07, 6.45) is 3.90. The van der Waals surface area contributed by atoms with E-state index in [2.05, 4.69) is 5.32 Å². The fraction of sp³-hybridized carbons (Fsp3) is 0.500. The number of phenols is 1. The van der Waals surface area contributed by atoms with E-state index in [9.17, 15) is 5.11 Å². The standard InChI is InChI=1S/C12H17NOS/c14-11-6-1-2-7-12(11)15-9-10-5-3-4-8-13-10/h1-2,6-7,10,13-14H,3-5,8-9H2. The summed E-state index contributed by atoms with van der Waals surface area (Å²) >= 11 is 1.74. The molecule has 2 rings (SSSR count). The smallest absolute Gasteiger partial charge is 0.129 e. The Kier molecular flexibility index (Phi) is 3.92. The van der Waals surface area contributed by atoms with Gasteiger partial charge in [-0.05, 0) is 31.5 Å². The SMILES string of the molecule is Oc1ccccc1SCC1CCCCN1. The molecule has 1 aliphatic heterocycles. The first kappa shape index (κ1) is 10.8. The largest absolute Gasteiger partial charge is 0.507 e. The van der Waals surface area contributed by atoms with E-state index in [1.165, 1.54) is 19.3 Å². The number of benzene rings is 1. The zero-order valence-corrected chi connectivity index (χ0v) is 9.59. The van der Waals surface area contributed by atoms with Gasteiger partial charge in [0, 0.05) is 16.7 Å². The maximum Gasteiger partial charge on any atom is 0.129 e. The second-order valence-electron chi connectivity index (χ2n) is 3.93. The number of piperidine rings is 1. The number of aromatic hydroxyl groups is 1. The molecule has 0 aromatic heterocycles. The Morgan fingerprint density at radius 1 is 1.33 bits per heavy atom. The summed E-state index contributed by atoms with van der Waals surface area (Å²) in [6.45, 7) is 1.14. The van der Waals surface area contributed by atoms with E-state index in [4.69, 9.17) is 0 Å². The molecule has 0 bridgehead atoms. The molecule has 2 nitrogen and oxygen atoms in total. The van der Waals surface area contributed by atoms with Crippen molar-refractivity contribution in [3.05, 3.63) is 24.3 Å². The number of hydrogen-bond acceptors (Lipinski definition) is 3. The third-order valence-corrected chi connectivity index (χ3v) is 3.94. The minimum Gasteiger partial charge on any atom is -0.507 e. The van der Waals surface area contributed by atoms with Crippen molar-refractivity contribution in [1.29, 1.82) is 0 Å². The van der Waals surface area contributed by atoms with Gasteiger partial charge in [0.05, 0.1) is 0 Å². The van der Waals surface area contributed by atoms with Gasteiger partial charge in [0.1, 0.15) is 5.75 Å². The molecular formula is C12H17NOS. The molecule has 1 fully saturated rings. The second-order valence-corrected chi connectivity index (χ2v) is 4.99. The van der Waals surface area contributed by atoms with Crippen molar-refractivity contribution in [3.63, 3.8) is 0 Å². The minimum atomic E-state index is 0.401. The highest BCUT2D eigenvalue weighted by Gasteiger charge is 2.13. The van der Waals surface area contributed by atoms with E-state index in [0.717, 1.165) is 17.2 Å². The third kappa shape index (κ3) is 3.14. The summed E-state index contributed by atoms with van der Waals surface area (Å²) in [5, 5.41) is 13.1. The summed E-state index contributed by atoms with van der Waals surface area (Å²) in [5.74, 6) is 1.45. The van der Waals surface area contributed by atoms with E-state index >= 15 is 0 Å². The summed E-state index contributed by atoms with van der Waals surface area (Å²) in [4.78, 5) is 0.991. The molecule has 1 saturated heterocycles. The molecule has 1 aromatic rings. The quantitative estimate of drug-likeness (QED) is 0.773. The summed E-state index contributed by atoms with van der Waals surface area (Å²) in [5.41, 5.74) is 0. The van der Waals surface area contributed by atoms with Gasteiger partial charge in [0.25, 0.3) is 0 Å². The van der Waals surface area contributed by atoms with E-state index in [-0.39, 0.29) is 0 Å². The van der Waals surface area contributed by atoms with Crippen LogP contribution in [-0.4, -0.2) is 23.4 Å². The Hall–Kier alpha value is -0.670. The van der Waals surface area contributed by atoms with Gasteiger partial charge in [-0.15, -0.1) is 11.8 Å². The predicted octanol–water partition coefficient (Wildman–Crippen LogP) is 2.63. The molecule has 0 spiro atoms. The maximum absolute atomic E-state index is 9.60. The van der Waals surface area contributed by atoms with Crippen molar-refractivity contribution >= 4 is 11.8 Å². The van der Waals surface area contributed by atoms with Crippen LogP contribution >= 0.6 is 11.8 Å². The molecule has 3 heteroatoms. The van der Waals surface area contributed by atoms with Crippen LogP contribution in [0.5, 0.6) is 5.75 Å². The number of nitrogens with one attached hydrogen (secondary N) is 1. The van der Waals surface area contributed by atoms with E-state index in [1.807, 2.05) is 18.2 Å². The second kappa shape index (κ2) is 5.42. The Balaban J connectivity index is 1.84. The number of rotatable bonds is 3. The van der Waals surface area contributed by atoms with Gasteiger partial charge >= 0.3 is 0 Å². The van der Waals surface area contributed by atoms with E-state index in [0.29, 0.717) is 11.8 Å². The van der Waals surface area contributed by atoms with Gasteiger partial charge in [-0.1, -0.05) is 18.6 Å². The molecular weight excluding hydrogens is 206 g/mol. The molecule has 2 N–H and O–H groups in total.